The molecule has 2 unspecified atom stereocenters. The van der Waals surface area contributed by atoms with Crippen LogP contribution in [0.2, 0.25) is 0 Å². The van der Waals surface area contributed by atoms with E-state index in [1.807, 2.05) is 32.0 Å². The summed E-state index contributed by atoms with van der Waals surface area (Å²) < 4.78 is 5.21. The zero-order valence-corrected chi connectivity index (χ0v) is 11.8. The molecule has 102 valence electrons. The van der Waals surface area contributed by atoms with Gasteiger partial charge in [0.15, 0.2) is 0 Å². The van der Waals surface area contributed by atoms with E-state index in [0.29, 0.717) is 5.92 Å². The molecule has 0 aromatic heterocycles. The van der Waals surface area contributed by atoms with Crippen LogP contribution in [0.15, 0.2) is 24.3 Å². The first-order valence-corrected chi connectivity index (χ1v) is 6.60. The molecule has 0 radical (unpaired) electrons. The van der Waals surface area contributed by atoms with Gasteiger partial charge in [0, 0.05) is 6.04 Å². The predicted octanol–water partition coefficient (Wildman–Crippen LogP) is 2.75. The highest BCUT2D eigenvalue weighted by Gasteiger charge is 2.10. The van der Waals surface area contributed by atoms with E-state index in [1.165, 1.54) is 5.56 Å². The number of benzene rings is 1. The van der Waals surface area contributed by atoms with Gasteiger partial charge >= 0.3 is 0 Å². The molecule has 18 heavy (non-hydrogen) atoms. The molecule has 1 aromatic rings. The second-order valence-corrected chi connectivity index (χ2v) is 5.05. The average Bonchev–Trinajstić information content (AvgIpc) is 2.38. The fourth-order valence-electron chi connectivity index (χ4n) is 1.81. The summed E-state index contributed by atoms with van der Waals surface area (Å²) in [5, 5.41) is 13.2. The van der Waals surface area contributed by atoms with Crippen LogP contribution in [0.25, 0.3) is 0 Å². The fraction of sp³-hybridized carbons (Fsp3) is 0.600. The normalized spacial score (nSPS) is 14.6. The minimum atomic E-state index is -0.227. The first kappa shape index (κ1) is 15.0. The fourth-order valence-corrected chi connectivity index (χ4v) is 1.81. The first-order chi connectivity index (χ1) is 8.54. The zero-order chi connectivity index (χ0) is 13.5. The van der Waals surface area contributed by atoms with Crippen LogP contribution in [0.5, 0.6) is 5.75 Å². The number of aliphatic hydroxyl groups excluding tert-OH is 1. The van der Waals surface area contributed by atoms with Crippen molar-refractivity contribution in [3.63, 3.8) is 0 Å². The van der Waals surface area contributed by atoms with Crippen molar-refractivity contribution in [3.05, 3.63) is 29.8 Å². The van der Waals surface area contributed by atoms with Crippen molar-refractivity contribution in [2.75, 3.05) is 13.7 Å². The number of ether oxygens (including phenoxy) is 1. The maximum atomic E-state index is 9.73. The van der Waals surface area contributed by atoms with Crippen LogP contribution in [-0.4, -0.2) is 24.9 Å². The lowest BCUT2D eigenvalue weighted by Crippen LogP contribution is -2.25. The first-order valence-electron chi connectivity index (χ1n) is 6.60. The van der Waals surface area contributed by atoms with Gasteiger partial charge in [-0.3, -0.25) is 0 Å². The van der Waals surface area contributed by atoms with E-state index in [9.17, 15) is 5.11 Å². The third kappa shape index (κ3) is 4.67. The van der Waals surface area contributed by atoms with Gasteiger partial charge in [-0.25, -0.2) is 0 Å². The van der Waals surface area contributed by atoms with Crippen molar-refractivity contribution in [3.8, 4) is 5.75 Å². The highest BCUT2D eigenvalue weighted by Crippen LogP contribution is 2.18. The second kappa shape index (κ2) is 7.39. The van der Waals surface area contributed by atoms with Gasteiger partial charge in [0.25, 0.3) is 0 Å². The molecule has 3 heteroatoms. The lowest BCUT2D eigenvalue weighted by molar-refractivity contribution is 0.115. The van der Waals surface area contributed by atoms with Gasteiger partial charge in [0.1, 0.15) is 5.75 Å². The maximum Gasteiger partial charge on any atom is 0.119 e. The summed E-state index contributed by atoms with van der Waals surface area (Å²) >= 11 is 0. The Balaban J connectivity index is 2.42. The lowest BCUT2D eigenvalue weighted by Gasteiger charge is -2.18. The zero-order valence-electron chi connectivity index (χ0n) is 11.8. The third-order valence-corrected chi connectivity index (χ3v) is 3.25. The molecule has 1 aromatic carbocycles. The molecule has 0 saturated carbocycles. The molecule has 2 atom stereocenters. The molecule has 0 aliphatic rings. The molecular weight excluding hydrogens is 226 g/mol. The summed E-state index contributed by atoms with van der Waals surface area (Å²) in [5.41, 5.74) is 1.20. The second-order valence-electron chi connectivity index (χ2n) is 5.05. The molecule has 3 nitrogen and oxygen atoms in total. The summed E-state index contributed by atoms with van der Waals surface area (Å²) in [6.45, 7) is 7.01. The van der Waals surface area contributed by atoms with E-state index in [0.717, 1.165) is 18.7 Å². The Labute approximate surface area is 110 Å². The molecule has 0 saturated heterocycles. The molecule has 0 amide bonds. The summed E-state index contributed by atoms with van der Waals surface area (Å²) in [4.78, 5) is 0. The van der Waals surface area contributed by atoms with E-state index in [2.05, 4.69) is 18.3 Å². The van der Waals surface area contributed by atoms with Crippen molar-refractivity contribution in [1.82, 2.24) is 5.32 Å². The van der Waals surface area contributed by atoms with E-state index < -0.39 is 0 Å². The quantitative estimate of drug-likeness (QED) is 0.783. The summed E-state index contributed by atoms with van der Waals surface area (Å²) in [5.74, 6) is 1.20. The van der Waals surface area contributed by atoms with E-state index in [-0.39, 0.29) is 12.1 Å². The van der Waals surface area contributed by atoms with Gasteiger partial charge in [-0.2, -0.15) is 0 Å². The van der Waals surface area contributed by atoms with Gasteiger partial charge in [-0.05, 0) is 43.5 Å². The predicted molar refractivity (Wildman–Crippen MR) is 74.9 cm³/mol. The number of rotatable bonds is 7. The number of methoxy groups -OCH3 is 1. The Hall–Kier alpha value is -1.06. The SMILES string of the molecule is COc1cccc(C(C)NCCC(O)C(C)C)c1. The molecule has 0 bridgehead atoms. The van der Waals surface area contributed by atoms with Crippen LogP contribution in [-0.2, 0) is 0 Å². The number of nitrogens with one attached hydrogen (secondary N) is 1. The van der Waals surface area contributed by atoms with Crippen LogP contribution in [0.1, 0.15) is 38.8 Å². The number of hydrogen-bond donors (Lipinski definition) is 2. The summed E-state index contributed by atoms with van der Waals surface area (Å²) in [7, 11) is 1.68. The van der Waals surface area contributed by atoms with Crippen LogP contribution < -0.4 is 10.1 Å². The Morgan fingerprint density at radius 2 is 2.00 bits per heavy atom. The minimum absolute atomic E-state index is 0.227. The van der Waals surface area contributed by atoms with E-state index >= 15 is 0 Å². The Morgan fingerprint density at radius 3 is 2.61 bits per heavy atom. The monoisotopic (exact) mass is 251 g/mol. The van der Waals surface area contributed by atoms with Gasteiger partial charge in [0.2, 0.25) is 0 Å². The molecule has 0 fully saturated rings. The standard InChI is InChI=1S/C15H25NO2/c1-11(2)15(17)8-9-16-12(3)13-6-5-7-14(10-13)18-4/h5-7,10-12,15-17H,8-9H2,1-4H3. The Kier molecular flexibility index (Phi) is 6.16. The van der Waals surface area contributed by atoms with Crippen molar-refractivity contribution < 1.29 is 9.84 Å². The number of hydrogen-bond acceptors (Lipinski definition) is 3. The lowest BCUT2D eigenvalue weighted by atomic mass is 10.0. The highest BCUT2D eigenvalue weighted by atomic mass is 16.5. The Morgan fingerprint density at radius 1 is 1.28 bits per heavy atom. The molecule has 0 spiro atoms. The van der Waals surface area contributed by atoms with E-state index in [1.54, 1.807) is 7.11 Å². The highest BCUT2D eigenvalue weighted by molar-refractivity contribution is 5.30. The van der Waals surface area contributed by atoms with Crippen molar-refractivity contribution in [2.45, 2.75) is 39.3 Å². The molecule has 0 aliphatic heterocycles. The van der Waals surface area contributed by atoms with Crippen molar-refractivity contribution in [2.24, 2.45) is 5.92 Å². The molecule has 0 heterocycles. The van der Waals surface area contributed by atoms with Crippen LogP contribution in [0, 0.1) is 5.92 Å². The number of aliphatic hydroxyl groups is 1. The van der Waals surface area contributed by atoms with Gasteiger partial charge in [-0.15, -0.1) is 0 Å². The smallest absolute Gasteiger partial charge is 0.119 e. The van der Waals surface area contributed by atoms with Gasteiger partial charge in [0.05, 0.1) is 13.2 Å². The topological polar surface area (TPSA) is 41.5 Å². The minimum Gasteiger partial charge on any atom is -0.497 e. The molecule has 0 aliphatic carbocycles. The molecule has 1 rings (SSSR count). The molecule has 2 N–H and O–H groups in total. The van der Waals surface area contributed by atoms with Gasteiger partial charge in [-0.1, -0.05) is 26.0 Å². The third-order valence-electron chi connectivity index (χ3n) is 3.25. The van der Waals surface area contributed by atoms with Crippen molar-refractivity contribution in [1.29, 1.82) is 0 Å². The van der Waals surface area contributed by atoms with E-state index in [4.69, 9.17) is 4.74 Å². The summed E-state index contributed by atoms with van der Waals surface area (Å²) in [6, 6.07) is 8.32. The van der Waals surface area contributed by atoms with Crippen LogP contribution >= 0.6 is 0 Å². The average molecular weight is 251 g/mol. The van der Waals surface area contributed by atoms with Gasteiger partial charge < -0.3 is 15.2 Å². The van der Waals surface area contributed by atoms with Crippen LogP contribution in [0.3, 0.4) is 0 Å². The largest absolute Gasteiger partial charge is 0.497 e. The summed E-state index contributed by atoms with van der Waals surface area (Å²) in [6.07, 6.45) is 0.557. The molecular formula is C15H25NO2. The Bertz CT molecular complexity index is 352. The van der Waals surface area contributed by atoms with Crippen molar-refractivity contribution >= 4 is 0 Å². The van der Waals surface area contributed by atoms with Crippen LogP contribution in [0.4, 0.5) is 0 Å². The maximum absolute atomic E-state index is 9.73.